The number of hydrogen-bond donors (Lipinski definition) is 2. The summed E-state index contributed by atoms with van der Waals surface area (Å²) in [6.07, 6.45) is 86.5. The van der Waals surface area contributed by atoms with Crippen molar-refractivity contribution in [3.8, 4) is 0 Å². The first-order valence-corrected chi connectivity index (χ1v) is 40.3. The summed E-state index contributed by atoms with van der Waals surface area (Å²) in [6, 6.07) is -0.797. The lowest BCUT2D eigenvalue weighted by atomic mass is 10.0. The molecule has 0 saturated heterocycles. The van der Waals surface area contributed by atoms with Gasteiger partial charge in [0.15, 0.2) is 0 Å². The molecule has 0 aliphatic heterocycles. The van der Waals surface area contributed by atoms with Crippen LogP contribution in [0.15, 0.2) is 0 Å². The number of rotatable bonds is 74. The van der Waals surface area contributed by atoms with Gasteiger partial charge in [-0.15, -0.1) is 0 Å². The molecule has 1 amide bonds. The fraction of sp³-hybridized carbons (Fsp3) is 0.987. The number of nitrogens with one attached hydrogen (secondary N) is 1. The first kappa shape index (κ1) is 84.5. The molecule has 8 nitrogen and oxygen atoms in total. The third kappa shape index (κ3) is 70.8. The van der Waals surface area contributed by atoms with E-state index in [1.807, 2.05) is 21.1 Å². The number of unbranched alkanes of at least 4 members (excludes halogenated alkanes) is 61. The van der Waals surface area contributed by atoms with Crippen molar-refractivity contribution in [3.05, 3.63) is 0 Å². The van der Waals surface area contributed by atoms with Gasteiger partial charge in [0.2, 0.25) is 5.91 Å². The summed E-state index contributed by atoms with van der Waals surface area (Å²) in [5, 5.41) is 14.1. The van der Waals surface area contributed by atoms with E-state index in [2.05, 4.69) is 19.2 Å². The quantitative estimate of drug-likeness (QED) is 0.0357. The molecule has 0 saturated carbocycles. The maximum Gasteiger partial charge on any atom is 0.268 e. The molecule has 3 unspecified atom stereocenters. The van der Waals surface area contributed by atoms with Crippen LogP contribution in [0.5, 0.6) is 0 Å². The molecule has 510 valence electrons. The molecular weight excluding hydrogens is 1070 g/mol. The van der Waals surface area contributed by atoms with Crippen molar-refractivity contribution in [1.29, 1.82) is 0 Å². The van der Waals surface area contributed by atoms with E-state index >= 15 is 0 Å². The van der Waals surface area contributed by atoms with E-state index in [9.17, 15) is 19.4 Å². The van der Waals surface area contributed by atoms with Crippen LogP contribution in [0.25, 0.3) is 0 Å². The summed E-state index contributed by atoms with van der Waals surface area (Å²) in [7, 11) is 1.33. The van der Waals surface area contributed by atoms with E-state index in [1.165, 1.54) is 366 Å². The molecular formula is C76H155N2O6P. The summed E-state index contributed by atoms with van der Waals surface area (Å²) in [6.45, 7) is 4.81. The van der Waals surface area contributed by atoms with Crippen molar-refractivity contribution in [2.24, 2.45) is 0 Å². The van der Waals surface area contributed by atoms with Crippen LogP contribution in [0.4, 0.5) is 0 Å². The van der Waals surface area contributed by atoms with Crippen molar-refractivity contribution in [3.63, 3.8) is 0 Å². The molecule has 0 fully saturated rings. The summed E-state index contributed by atoms with van der Waals surface area (Å²) in [4.78, 5) is 25.7. The predicted molar refractivity (Wildman–Crippen MR) is 372 cm³/mol. The largest absolute Gasteiger partial charge is 0.756 e. The zero-order chi connectivity index (χ0) is 61.9. The van der Waals surface area contributed by atoms with Gasteiger partial charge in [-0.1, -0.05) is 412 Å². The Kier molecular flexibility index (Phi) is 67.5. The van der Waals surface area contributed by atoms with Gasteiger partial charge in [0.05, 0.1) is 39.9 Å². The molecule has 85 heavy (non-hydrogen) atoms. The molecule has 0 aromatic carbocycles. The van der Waals surface area contributed by atoms with E-state index in [-0.39, 0.29) is 19.1 Å². The van der Waals surface area contributed by atoms with Crippen LogP contribution in [0.2, 0.25) is 0 Å². The number of phosphoric acid groups is 1. The Morgan fingerprint density at radius 2 is 0.576 bits per heavy atom. The molecule has 0 radical (unpaired) electrons. The summed E-state index contributed by atoms with van der Waals surface area (Å²) < 4.78 is 23.6. The third-order valence-corrected chi connectivity index (χ3v) is 19.6. The molecule has 9 heteroatoms. The average Bonchev–Trinajstić information content (AvgIpc) is 3.49. The van der Waals surface area contributed by atoms with Crippen LogP contribution in [0.3, 0.4) is 0 Å². The number of nitrogens with zero attached hydrogens (tertiary/aromatic N) is 1. The number of aliphatic hydroxyl groups excluding tert-OH is 1. The van der Waals surface area contributed by atoms with E-state index in [1.54, 1.807) is 0 Å². The molecule has 0 aromatic heterocycles. The fourth-order valence-electron chi connectivity index (χ4n) is 12.6. The van der Waals surface area contributed by atoms with Crippen molar-refractivity contribution in [1.82, 2.24) is 5.32 Å². The predicted octanol–water partition coefficient (Wildman–Crippen LogP) is 24.4. The fourth-order valence-corrected chi connectivity index (χ4v) is 13.3. The minimum atomic E-state index is -4.58. The molecule has 0 aliphatic rings. The lowest BCUT2D eigenvalue weighted by molar-refractivity contribution is -0.870. The number of carbonyl (C=O) groups excluding carboxylic acids is 1. The minimum absolute atomic E-state index is 0.0170. The summed E-state index contributed by atoms with van der Waals surface area (Å²) in [5.74, 6) is -0.152. The molecule has 3 atom stereocenters. The second-order valence-corrected chi connectivity index (χ2v) is 29.8. The number of phosphoric ester groups is 1. The van der Waals surface area contributed by atoms with Gasteiger partial charge in [-0.2, -0.15) is 0 Å². The Hall–Kier alpha value is -0.500. The van der Waals surface area contributed by atoms with Gasteiger partial charge in [0.1, 0.15) is 13.2 Å². The number of quaternary nitrogens is 1. The molecule has 0 spiro atoms. The highest BCUT2D eigenvalue weighted by Crippen LogP contribution is 2.38. The number of amides is 1. The molecule has 0 rings (SSSR count). The van der Waals surface area contributed by atoms with Gasteiger partial charge >= 0.3 is 0 Å². The topological polar surface area (TPSA) is 108 Å². The van der Waals surface area contributed by atoms with E-state index in [0.717, 1.165) is 38.5 Å². The Labute approximate surface area is 533 Å². The minimum Gasteiger partial charge on any atom is -0.756 e. The lowest BCUT2D eigenvalue weighted by Crippen LogP contribution is -2.46. The smallest absolute Gasteiger partial charge is 0.268 e. The zero-order valence-corrected chi connectivity index (χ0v) is 59.5. The second kappa shape index (κ2) is 67.9. The Balaban J connectivity index is 3.86. The molecule has 2 N–H and O–H groups in total. The van der Waals surface area contributed by atoms with Gasteiger partial charge in [0, 0.05) is 6.42 Å². The number of likely N-dealkylation sites (N-methyl/N-ethyl adjacent to an activating group) is 1. The Morgan fingerprint density at radius 1 is 0.365 bits per heavy atom. The van der Waals surface area contributed by atoms with Gasteiger partial charge in [-0.3, -0.25) is 9.36 Å². The first-order chi connectivity index (χ1) is 41.5. The van der Waals surface area contributed by atoms with Crippen molar-refractivity contribution in [2.75, 3.05) is 40.9 Å². The Morgan fingerprint density at radius 3 is 0.800 bits per heavy atom. The number of hydrogen-bond acceptors (Lipinski definition) is 6. The summed E-state index contributed by atoms with van der Waals surface area (Å²) in [5.41, 5.74) is 0. The maximum absolute atomic E-state index is 13.1. The number of carbonyl (C=O) groups is 1. The SMILES string of the molecule is CCCCCCCCCCCCCCCCCCCCCCCCCCCCCCCCCCCCCCCCCC(=O)NC(COP(=O)([O-])OCC[N+](C)(C)C)C(O)CCCCCCCCCCCCCCCCCCCCCCCCCC. The highest BCUT2D eigenvalue weighted by Gasteiger charge is 2.24. The van der Waals surface area contributed by atoms with Gasteiger partial charge in [-0.25, -0.2) is 0 Å². The highest BCUT2D eigenvalue weighted by molar-refractivity contribution is 7.45. The van der Waals surface area contributed by atoms with E-state index in [4.69, 9.17) is 9.05 Å². The van der Waals surface area contributed by atoms with Crippen LogP contribution in [0, 0.1) is 0 Å². The van der Waals surface area contributed by atoms with Gasteiger partial charge < -0.3 is 28.8 Å². The molecule has 0 aromatic rings. The van der Waals surface area contributed by atoms with E-state index < -0.39 is 20.0 Å². The third-order valence-electron chi connectivity index (χ3n) is 18.6. The van der Waals surface area contributed by atoms with E-state index in [0.29, 0.717) is 23.9 Å². The van der Waals surface area contributed by atoms with Crippen LogP contribution in [0.1, 0.15) is 431 Å². The molecule has 0 heterocycles. The normalized spacial score (nSPS) is 13.4. The zero-order valence-electron chi connectivity index (χ0n) is 58.6. The summed E-state index contributed by atoms with van der Waals surface area (Å²) >= 11 is 0. The second-order valence-electron chi connectivity index (χ2n) is 28.4. The van der Waals surface area contributed by atoms with Crippen LogP contribution in [-0.2, 0) is 18.4 Å². The van der Waals surface area contributed by atoms with Crippen LogP contribution < -0.4 is 10.2 Å². The van der Waals surface area contributed by atoms with Crippen LogP contribution >= 0.6 is 7.82 Å². The first-order valence-electron chi connectivity index (χ1n) is 38.9. The van der Waals surface area contributed by atoms with Gasteiger partial charge in [0.25, 0.3) is 7.82 Å². The van der Waals surface area contributed by atoms with Gasteiger partial charge in [-0.05, 0) is 12.8 Å². The molecule has 0 bridgehead atoms. The highest BCUT2D eigenvalue weighted by atomic mass is 31.2. The number of aliphatic hydroxyl groups is 1. The van der Waals surface area contributed by atoms with Crippen molar-refractivity contribution >= 4 is 13.7 Å². The Bertz CT molecular complexity index is 1350. The molecule has 0 aliphatic carbocycles. The van der Waals surface area contributed by atoms with Crippen molar-refractivity contribution in [2.45, 2.75) is 443 Å². The average molecular weight is 1220 g/mol. The maximum atomic E-state index is 13.1. The standard InChI is InChI=1S/C76H155N2O6P/c1-6-8-10-12-14-16-18-20-22-24-26-28-30-32-33-34-35-36-37-38-39-40-41-42-43-44-45-46-48-50-52-54-56-58-60-62-64-66-68-70-76(80)77-74(73-84-85(81,82)83-72-71-78(3,4)5)75(79)69-67-65-63-61-59-57-55-53-51-49-47-31-29-27-25-23-21-19-17-15-13-11-9-7-2/h74-75,79H,6-73H2,1-5H3,(H-,77,80,81,82). The lowest BCUT2D eigenvalue weighted by Gasteiger charge is -2.30. The van der Waals surface area contributed by atoms with Crippen molar-refractivity contribution < 1.29 is 32.9 Å². The van der Waals surface area contributed by atoms with Crippen LogP contribution in [-0.4, -0.2) is 68.5 Å². The monoisotopic (exact) mass is 1220 g/mol.